The number of anilines is 2. The maximum absolute atomic E-state index is 13.8. The number of likely N-dealkylation sites (N-methyl/N-ethyl adjacent to an activating group) is 1. The molecule has 1 fully saturated rings. The van der Waals surface area contributed by atoms with E-state index in [1.807, 2.05) is 26.0 Å². The van der Waals surface area contributed by atoms with Gasteiger partial charge in [0.25, 0.3) is 0 Å². The monoisotopic (exact) mass is 504 g/mol. The van der Waals surface area contributed by atoms with E-state index in [2.05, 4.69) is 38.7 Å². The number of carbonyl (C=O) groups is 2. The number of para-hydroxylation sites is 1. The molecule has 3 N–H and O–H groups in total. The molecule has 0 radical (unpaired) electrons. The molecule has 1 aromatic carbocycles. The predicted molar refractivity (Wildman–Crippen MR) is 147 cm³/mol. The van der Waals surface area contributed by atoms with Gasteiger partial charge in [0, 0.05) is 24.2 Å². The molecule has 0 spiro atoms. The number of rotatable bonds is 10. The Hall–Kier alpha value is -3.13. The van der Waals surface area contributed by atoms with Crippen LogP contribution in [-0.2, 0) is 16.0 Å². The van der Waals surface area contributed by atoms with Gasteiger partial charge in [-0.3, -0.25) is 9.59 Å². The van der Waals surface area contributed by atoms with Gasteiger partial charge in [-0.25, -0.2) is 9.97 Å². The third-order valence-electron chi connectivity index (χ3n) is 7.91. The number of fused-ring (bicyclic) bond motifs is 1. The molecule has 8 heteroatoms. The molecule has 3 atom stereocenters. The average Bonchev–Trinajstić information content (AvgIpc) is 3.35. The van der Waals surface area contributed by atoms with Crippen molar-refractivity contribution in [2.45, 2.75) is 83.7 Å². The first-order chi connectivity index (χ1) is 17.8. The Morgan fingerprint density at radius 2 is 1.89 bits per heavy atom. The van der Waals surface area contributed by atoms with Crippen molar-refractivity contribution >= 4 is 28.9 Å². The molecule has 0 saturated heterocycles. The van der Waals surface area contributed by atoms with Crippen LogP contribution in [-0.4, -0.2) is 53.0 Å². The Bertz CT molecular complexity index is 1140. The van der Waals surface area contributed by atoms with Gasteiger partial charge >= 0.3 is 0 Å². The minimum Gasteiger partial charge on any atom is -0.344 e. The SMILES string of the molecule is CCC(C(=N)C(=O)C(NC(=O)C(C)NC)C1CCCCC1)c1cc(N2CCc3ccccc32)nc(C)n1. The number of aromatic nitrogens is 2. The summed E-state index contributed by atoms with van der Waals surface area (Å²) in [5.74, 6) is 0.507. The van der Waals surface area contributed by atoms with E-state index >= 15 is 0 Å². The van der Waals surface area contributed by atoms with Crippen LogP contribution in [0.15, 0.2) is 30.3 Å². The summed E-state index contributed by atoms with van der Waals surface area (Å²) in [6.45, 7) is 6.45. The van der Waals surface area contributed by atoms with Gasteiger partial charge in [0.1, 0.15) is 11.6 Å². The van der Waals surface area contributed by atoms with Crippen molar-refractivity contribution < 1.29 is 9.59 Å². The van der Waals surface area contributed by atoms with E-state index in [4.69, 9.17) is 10.4 Å². The van der Waals surface area contributed by atoms with Crippen LogP contribution in [0.1, 0.15) is 75.4 Å². The third-order valence-corrected chi connectivity index (χ3v) is 7.91. The van der Waals surface area contributed by atoms with E-state index in [0.29, 0.717) is 17.9 Å². The summed E-state index contributed by atoms with van der Waals surface area (Å²) in [6.07, 6.45) is 6.53. The van der Waals surface area contributed by atoms with Crippen molar-refractivity contribution in [3.8, 4) is 0 Å². The van der Waals surface area contributed by atoms with E-state index in [9.17, 15) is 9.59 Å². The molecule has 1 amide bonds. The lowest BCUT2D eigenvalue weighted by Gasteiger charge is -2.32. The predicted octanol–water partition coefficient (Wildman–Crippen LogP) is 4.23. The summed E-state index contributed by atoms with van der Waals surface area (Å²) in [4.78, 5) is 38.2. The molecule has 3 unspecified atom stereocenters. The van der Waals surface area contributed by atoms with Gasteiger partial charge < -0.3 is 20.9 Å². The molecular formula is C29H40N6O2. The molecule has 8 nitrogen and oxygen atoms in total. The topological polar surface area (TPSA) is 111 Å². The molecule has 1 saturated carbocycles. The van der Waals surface area contributed by atoms with Crippen molar-refractivity contribution in [1.29, 1.82) is 5.41 Å². The van der Waals surface area contributed by atoms with Crippen LogP contribution in [0, 0.1) is 18.3 Å². The first kappa shape index (κ1) is 26.9. The summed E-state index contributed by atoms with van der Waals surface area (Å²) in [7, 11) is 1.73. The molecule has 37 heavy (non-hydrogen) atoms. The van der Waals surface area contributed by atoms with E-state index in [1.54, 1.807) is 14.0 Å². The van der Waals surface area contributed by atoms with Gasteiger partial charge in [0.2, 0.25) is 5.91 Å². The van der Waals surface area contributed by atoms with Gasteiger partial charge in [-0.05, 0) is 64.1 Å². The molecule has 4 rings (SSSR count). The minimum absolute atomic E-state index is 0.0151. The first-order valence-electron chi connectivity index (χ1n) is 13.6. The Morgan fingerprint density at radius 3 is 2.59 bits per heavy atom. The van der Waals surface area contributed by atoms with Crippen LogP contribution in [0.4, 0.5) is 11.5 Å². The number of aryl methyl sites for hydroxylation is 1. The number of benzene rings is 1. The van der Waals surface area contributed by atoms with Crippen LogP contribution >= 0.6 is 0 Å². The number of amides is 1. The van der Waals surface area contributed by atoms with Crippen molar-refractivity contribution in [2.24, 2.45) is 5.92 Å². The molecule has 1 aliphatic carbocycles. The fraction of sp³-hybridized carbons (Fsp3) is 0.552. The van der Waals surface area contributed by atoms with Crippen molar-refractivity contribution in [3.63, 3.8) is 0 Å². The lowest BCUT2D eigenvalue weighted by Crippen LogP contribution is -2.53. The minimum atomic E-state index is -0.682. The largest absolute Gasteiger partial charge is 0.344 e. The number of nitrogens with one attached hydrogen (secondary N) is 3. The standard InChI is InChI=1S/C29H40N6O2/c1-5-22(23-17-25(33-19(3)32-23)35-16-15-20-11-9-10-14-24(20)35)26(30)28(36)27(21-12-7-6-8-13-21)34-29(37)18(2)31-4/h9-11,14,17-18,21-22,27,30-31H,5-8,12-13,15-16H2,1-4H3,(H,34,37). The average molecular weight is 505 g/mol. The fourth-order valence-corrected chi connectivity index (χ4v) is 5.64. The Balaban J connectivity index is 1.61. The highest BCUT2D eigenvalue weighted by molar-refractivity contribution is 6.42. The number of nitrogens with zero attached hydrogens (tertiary/aromatic N) is 3. The van der Waals surface area contributed by atoms with Crippen LogP contribution in [0.2, 0.25) is 0 Å². The first-order valence-corrected chi connectivity index (χ1v) is 13.6. The zero-order chi connectivity index (χ0) is 26.5. The molecule has 2 aromatic rings. The molecule has 2 aliphatic rings. The van der Waals surface area contributed by atoms with Crippen LogP contribution < -0.4 is 15.5 Å². The fourth-order valence-electron chi connectivity index (χ4n) is 5.64. The van der Waals surface area contributed by atoms with Gasteiger partial charge in [-0.2, -0.15) is 0 Å². The smallest absolute Gasteiger partial charge is 0.237 e. The number of Topliss-reactive ketones (excluding diaryl/α,β-unsaturated/α-hetero) is 1. The van der Waals surface area contributed by atoms with Gasteiger partial charge in [0.05, 0.1) is 23.5 Å². The lowest BCUT2D eigenvalue weighted by molar-refractivity contribution is -0.127. The number of ketones is 1. The van der Waals surface area contributed by atoms with Crippen molar-refractivity contribution in [1.82, 2.24) is 20.6 Å². The van der Waals surface area contributed by atoms with E-state index in [0.717, 1.165) is 56.6 Å². The summed E-state index contributed by atoms with van der Waals surface area (Å²) < 4.78 is 0. The summed E-state index contributed by atoms with van der Waals surface area (Å²) in [5.41, 5.74) is 3.13. The lowest BCUT2D eigenvalue weighted by atomic mass is 9.79. The maximum atomic E-state index is 13.8. The van der Waals surface area contributed by atoms with Crippen LogP contribution in [0.5, 0.6) is 0 Å². The quantitative estimate of drug-likeness (QED) is 0.418. The second-order valence-electron chi connectivity index (χ2n) is 10.4. The molecule has 2 heterocycles. The Morgan fingerprint density at radius 1 is 1.16 bits per heavy atom. The van der Waals surface area contributed by atoms with Gasteiger partial charge in [-0.15, -0.1) is 0 Å². The number of hydrogen-bond acceptors (Lipinski definition) is 7. The number of hydrogen-bond donors (Lipinski definition) is 3. The third kappa shape index (κ3) is 5.90. The molecule has 1 aromatic heterocycles. The highest BCUT2D eigenvalue weighted by atomic mass is 16.2. The summed E-state index contributed by atoms with van der Waals surface area (Å²) in [6, 6.07) is 9.17. The van der Waals surface area contributed by atoms with Crippen LogP contribution in [0.3, 0.4) is 0 Å². The highest BCUT2D eigenvalue weighted by Gasteiger charge is 2.36. The maximum Gasteiger partial charge on any atom is 0.237 e. The zero-order valence-electron chi connectivity index (χ0n) is 22.5. The Labute approximate surface area is 220 Å². The normalized spacial score (nSPS) is 18.1. The molecular weight excluding hydrogens is 464 g/mol. The zero-order valence-corrected chi connectivity index (χ0v) is 22.5. The second-order valence-corrected chi connectivity index (χ2v) is 10.4. The summed E-state index contributed by atoms with van der Waals surface area (Å²) >= 11 is 0. The van der Waals surface area contributed by atoms with Gasteiger partial charge in [0.15, 0.2) is 5.78 Å². The molecule has 1 aliphatic heterocycles. The number of carbonyl (C=O) groups excluding carboxylic acids is 2. The van der Waals surface area contributed by atoms with E-state index in [-0.39, 0.29) is 23.3 Å². The van der Waals surface area contributed by atoms with Crippen molar-refractivity contribution in [2.75, 3.05) is 18.5 Å². The second kappa shape index (κ2) is 11.9. The molecule has 198 valence electrons. The van der Waals surface area contributed by atoms with E-state index < -0.39 is 18.0 Å². The van der Waals surface area contributed by atoms with E-state index in [1.165, 1.54) is 5.56 Å². The highest BCUT2D eigenvalue weighted by Crippen LogP contribution is 2.35. The molecule has 0 bridgehead atoms. The van der Waals surface area contributed by atoms with Gasteiger partial charge in [-0.1, -0.05) is 44.4 Å². The Kier molecular flexibility index (Phi) is 8.69. The van der Waals surface area contributed by atoms with Crippen LogP contribution in [0.25, 0.3) is 0 Å². The summed E-state index contributed by atoms with van der Waals surface area (Å²) in [5, 5.41) is 15.0. The van der Waals surface area contributed by atoms with Crippen molar-refractivity contribution in [3.05, 3.63) is 47.4 Å².